The number of rotatable bonds is 1. The fraction of sp³-hybridized carbons (Fsp3) is 0.650. The third-order valence-corrected chi connectivity index (χ3v) is 7.21. The molecule has 1 aliphatic carbocycles. The first-order valence-corrected chi connectivity index (χ1v) is 10.00. The van der Waals surface area contributed by atoms with E-state index < -0.39 is 6.85 Å². The number of nitrogens with one attached hydrogen (secondary N) is 1. The number of fused-ring (bicyclic) bond motifs is 4. The molecule has 4 heterocycles. The summed E-state index contributed by atoms with van der Waals surface area (Å²) in [5.74, 6) is 1.91. The maximum absolute atomic E-state index is 7.68. The summed E-state index contributed by atoms with van der Waals surface area (Å²) < 4.78 is 29.4. The molecule has 24 heavy (non-hydrogen) atoms. The van der Waals surface area contributed by atoms with Crippen LogP contribution in [0, 0.1) is 18.8 Å². The molecular weight excluding hydrogens is 316 g/mol. The summed E-state index contributed by atoms with van der Waals surface area (Å²) in [6.45, 7) is 1.04. The molecule has 4 heteroatoms. The highest BCUT2D eigenvalue weighted by Crippen LogP contribution is 2.49. The van der Waals surface area contributed by atoms with Crippen LogP contribution in [0.1, 0.15) is 58.4 Å². The number of hydrogen-bond donors (Lipinski definition) is 1. The Kier molecular flexibility index (Phi) is 2.91. The molecule has 0 aromatic carbocycles. The van der Waals surface area contributed by atoms with Crippen LogP contribution in [0.4, 0.5) is 0 Å². The van der Waals surface area contributed by atoms with E-state index in [1.54, 1.807) is 0 Å². The largest absolute Gasteiger partial charge is 0.472 e. The van der Waals surface area contributed by atoms with Crippen molar-refractivity contribution in [3.63, 3.8) is 0 Å². The number of hydrogen-bond acceptors (Lipinski definition) is 4. The van der Waals surface area contributed by atoms with Gasteiger partial charge in [0.25, 0.3) is 0 Å². The Morgan fingerprint density at radius 3 is 3.25 bits per heavy atom. The lowest BCUT2D eigenvalue weighted by Gasteiger charge is -2.32. The summed E-state index contributed by atoms with van der Waals surface area (Å²) in [5, 5.41) is 3.73. The molecule has 0 bridgehead atoms. The molecule has 4 aliphatic rings. The molecule has 1 fully saturated rings. The second kappa shape index (κ2) is 5.70. The predicted molar refractivity (Wildman–Crippen MR) is 98.5 cm³/mol. The summed E-state index contributed by atoms with van der Waals surface area (Å²) in [6, 6.07) is 2.68. The Morgan fingerprint density at radius 2 is 2.33 bits per heavy atom. The highest BCUT2D eigenvalue weighted by Gasteiger charge is 2.46. The van der Waals surface area contributed by atoms with Gasteiger partial charge in [-0.2, -0.15) is 0 Å². The zero-order valence-corrected chi connectivity index (χ0v) is 14.9. The standard InChI is InChI=1S/C20H26N2OS/c1-11-6-7-15-14-4-3-5-16(19(14)23-20(15)22-11)17-9-13-8-12(2)24-18(13)10-21-17/h8,14-15,17,20-21H,3-7,9-10H2,1-2H3/t14?,15?,17-,20?/m1/s1/i1D3. The number of nitrogens with zero attached hydrogens (tertiary/aromatic N) is 1. The second-order valence-corrected chi connectivity index (χ2v) is 8.96. The van der Waals surface area contributed by atoms with Crippen molar-refractivity contribution in [3.05, 3.63) is 32.7 Å². The average molecular weight is 346 g/mol. The third-order valence-electron chi connectivity index (χ3n) is 6.12. The van der Waals surface area contributed by atoms with E-state index in [-0.39, 0.29) is 6.23 Å². The van der Waals surface area contributed by atoms with E-state index in [4.69, 9.17) is 8.85 Å². The summed E-state index contributed by atoms with van der Waals surface area (Å²) in [5.41, 5.74) is 3.24. The van der Waals surface area contributed by atoms with Crippen LogP contribution in [0.15, 0.2) is 22.4 Å². The van der Waals surface area contributed by atoms with Gasteiger partial charge in [-0.05, 0) is 69.5 Å². The first-order valence-electron chi connectivity index (χ1n) is 10.7. The van der Waals surface area contributed by atoms with E-state index in [9.17, 15) is 0 Å². The van der Waals surface area contributed by atoms with Crippen molar-refractivity contribution in [2.75, 3.05) is 0 Å². The first-order chi connectivity index (χ1) is 12.9. The average Bonchev–Trinajstić information content (AvgIpc) is 3.18. The third kappa shape index (κ3) is 2.38. The molecule has 1 aromatic rings. The number of thiophene rings is 1. The highest BCUT2D eigenvalue weighted by atomic mass is 32.1. The summed E-state index contributed by atoms with van der Waals surface area (Å²) in [4.78, 5) is 7.39. The van der Waals surface area contributed by atoms with Crippen LogP contribution in [-0.2, 0) is 17.7 Å². The van der Waals surface area contributed by atoms with Gasteiger partial charge >= 0.3 is 0 Å². The Bertz CT molecular complexity index is 826. The van der Waals surface area contributed by atoms with Crippen LogP contribution in [0.5, 0.6) is 0 Å². The molecule has 128 valence electrons. The Hall–Kier alpha value is -1.13. The van der Waals surface area contributed by atoms with Gasteiger partial charge in [0.2, 0.25) is 0 Å². The summed E-state index contributed by atoms with van der Waals surface area (Å²) in [7, 11) is 0. The first kappa shape index (κ1) is 12.3. The topological polar surface area (TPSA) is 33.6 Å². The van der Waals surface area contributed by atoms with E-state index >= 15 is 0 Å². The van der Waals surface area contributed by atoms with Gasteiger partial charge < -0.3 is 10.1 Å². The quantitative estimate of drug-likeness (QED) is 0.821. The molecule has 3 aliphatic heterocycles. The fourth-order valence-corrected chi connectivity index (χ4v) is 6.04. The minimum Gasteiger partial charge on any atom is -0.472 e. The van der Waals surface area contributed by atoms with Gasteiger partial charge in [-0.1, -0.05) is 0 Å². The zero-order chi connectivity index (χ0) is 18.8. The fourth-order valence-electron chi connectivity index (χ4n) is 5.02. The van der Waals surface area contributed by atoms with Crippen molar-refractivity contribution in [2.45, 2.75) is 71.1 Å². The lowest BCUT2D eigenvalue weighted by Crippen LogP contribution is -2.38. The number of allylic oxidation sites excluding steroid dienone is 1. The van der Waals surface area contributed by atoms with Crippen LogP contribution < -0.4 is 5.32 Å². The molecule has 0 radical (unpaired) electrons. The predicted octanol–water partition coefficient (Wildman–Crippen LogP) is 4.35. The molecule has 1 N–H and O–H groups in total. The van der Waals surface area contributed by atoms with E-state index in [0.29, 0.717) is 30.0 Å². The molecule has 1 saturated heterocycles. The van der Waals surface area contributed by atoms with Gasteiger partial charge in [0.15, 0.2) is 6.23 Å². The maximum atomic E-state index is 7.68. The van der Waals surface area contributed by atoms with Gasteiger partial charge in [0, 0.05) is 44.0 Å². The van der Waals surface area contributed by atoms with Gasteiger partial charge in [-0.3, -0.25) is 4.99 Å². The van der Waals surface area contributed by atoms with Crippen molar-refractivity contribution in [1.82, 2.24) is 5.32 Å². The Morgan fingerprint density at radius 1 is 1.38 bits per heavy atom. The van der Waals surface area contributed by atoms with E-state index in [1.807, 2.05) is 11.3 Å². The van der Waals surface area contributed by atoms with Gasteiger partial charge in [0.05, 0.1) is 0 Å². The zero-order valence-electron chi connectivity index (χ0n) is 17.1. The van der Waals surface area contributed by atoms with Crippen molar-refractivity contribution in [3.8, 4) is 0 Å². The monoisotopic (exact) mass is 345 g/mol. The van der Waals surface area contributed by atoms with E-state index in [1.165, 1.54) is 27.3 Å². The minimum atomic E-state index is -2.09. The van der Waals surface area contributed by atoms with Crippen LogP contribution in [0.25, 0.3) is 0 Å². The van der Waals surface area contributed by atoms with Crippen molar-refractivity contribution in [2.24, 2.45) is 16.8 Å². The molecule has 3 nitrogen and oxygen atoms in total. The Labute approximate surface area is 152 Å². The van der Waals surface area contributed by atoms with Crippen LogP contribution >= 0.6 is 11.3 Å². The van der Waals surface area contributed by atoms with Crippen LogP contribution in [0.2, 0.25) is 0 Å². The molecule has 0 amide bonds. The summed E-state index contributed by atoms with van der Waals surface area (Å²) in [6.07, 6.45) is 5.64. The lowest BCUT2D eigenvalue weighted by atomic mass is 9.76. The highest BCUT2D eigenvalue weighted by molar-refractivity contribution is 7.12. The van der Waals surface area contributed by atoms with Gasteiger partial charge in [0.1, 0.15) is 5.76 Å². The molecule has 4 atom stereocenters. The lowest BCUT2D eigenvalue weighted by molar-refractivity contribution is 0.127. The number of ether oxygens (including phenoxy) is 1. The van der Waals surface area contributed by atoms with Crippen molar-refractivity contribution < 1.29 is 8.85 Å². The summed E-state index contributed by atoms with van der Waals surface area (Å²) >= 11 is 1.90. The van der Waals surface area contributed by atoms with Gasteiger partial charge in [-0.25, -0.2) is 0 Å². The van der Waals surface area contributed by atoms with Crippen LogP contribution in [-0.4, -0.2) is 18.0 Å². The molecule has 0 spiro atoms. The molecule has 0 saturated carbocycles. The molecule has 5 rings (SSSR count). The molecule has 3 unspecified atom stereocenters. The second-order valence-electron chi connectivity index (χ2n) is 7.62. The molecule has 1 aromatic heterocycles. The van der Waals surface area contributed by atoms with E-state index in [0.717, 1.165) is 38.0 Å². The number of aliphatic imine (C=N–C) groups is 1. The maximum Gasteiger partial charge on any atom is 0.192 e. The minimum absolute atomic E-state index is 0.287. The SMILES string of the molecule is [2H]C([2H])([2H])C1=NC2OC3=C([C@H]4Cc5cc(C)sc5CN4)CCCC3C2CC1. The normalized spacial score (nSPS) is 37.4. The smallest absolute Gasteiger partial charge is 0.192 e. The van der Waals surface area contributed by atoms with E-state index in [2.05, 4.69) is 23.3 Å². The van der Waals surface area contributed by atoms with Crippen LogP contribution in [0.3, 0.4) is 0 Å². The van der Waals surface area contributed by atoms with Gasteiger partial charge in [-0.15, -0.1) is 11.3 Å². The van der Waals surface area contributed by atoms with Crippen molar-refractivity contribution >= 4 is 17.0 Å². The number of aryl methyl sites for hydroxylation is 1. The Balaban J connectivity index is 1.44. The molecular formula is C20H26N2OS. The van der Waals surface area contributed by atoms with Crippen molar-refractivity contribution in [1.29, 1.82) is 0 Å².